The Labute approximate surface area is 121 Å². The van der Waals surface area contributed by atoms with Gasteiger partial charge >= 0.3 is 0 Å². The van der Waals surface area contributed by atoms with Crippen LogP contribution in [0.2, 0.25) is 0 Å². The molecule has 105 valence electrons. The topological polar surface area (TPSA) is 19.4 Å². The van der Waals surface area contributed by atoms with Crippen LogP contribution in [0.3, 0.4) is 0 Å². The van der Waals surface area contributed by atoms with Crippen molar-refractivity contribution in [3.8, 4) is 0 Å². The van der Waals surface area contributed by atoms with E-state index in [-0.39, 0.29) is 0 Å². The number of hydrogen-bond donors (Lipinski definition) is 0. The average Bonchev–Trinajstić information content (AvgIpc) is 2.47. The quantitative estimate of drug-likeness (QED) is 0.853. The predicted molar refractivity (Wildman–Crippen MR) is 84.1 cm³/mol. The lowest BCUT2D eigenvalue weighted by molar-refractivity contribution is 0.285. The maximum atomic E-state index is 4.33. The van der Waals surface area contributed by atoms with Gasteiger partial charge in [0.1, 0.15) is 0 Å². The van der Waals surface area contributed by atoms with E-state index < -0.39 is 0 Å². The highest BCUT2D eigenvalue weighted by molar-refractivity contribution is 5.82. The smallest absolute Gasteiger partial charge is 0.0703 e. The van der Waals surface area contributed by atoms with E-state index in [9.17, 15) is 0 Å². The van der Waals surface area contributed by atoms with Gasteiger partial charge in [-0.25, -0.2) is 0 Å². The van der Waals surface area contributed by atoms with Gasteiger partial charge in [-0.15, -0.1) is 0 Å². The van der Waals surface area contributed by atoms with Gasteiger partial charge in [-0.1, -0.05) is 0 Å². The lowest BCUT2D eigenvalue weighted by Gasteiger charge is -2.34. The van der Waals surface area contributed by atoms with Crippen LogP contribution in [0.25, 0.3) is 10.9 Å². The molecule has 1 saturated heterocycles. The summed E-state index contributed by atoms with van der Waals surface area (Å²) < 4.78 is 0. The van der Waals surface area contributed by atoms with Crippen LogP contribution in [-0.4, -0.2) is 43.6 Å². The first kappa shape index (κ1) is 13.4. The van der Waals surface area contributed by atoms with Gasteiger partial charge in [0.15, 0.2) is 0 Å². The lowest BCUT2D eigenvalue weighted by atomic mass is 9.96. The van der Waals surface area contributed by atoms with Gasteiger partial charge < -0.3 is 9.80 Å². The number of hydrogen-bond acceptors (Lipinski definition) is 3. The molecule has 1 fully saturated rings. The average molecular weight is 268 g/mol. The number of benzene rings is 1. The van der Waals surface area contributed by atoms with Crippen LogP contribution in [0.1, 0.15) is 12.8 Å². The number of anilines is 1. The molecule has 0 aliphatic carbocycles. The summed E-state index contributed by atoms with van der Waals surface area (Å²) in [5.41, 5.74) is 2.37. The molecule has 2 heterocycles. The van der Waals surface area contributed by atoms with Crippen LogP contribution in [0.4, 0.5) is 5.69 Å². The zero-order valence-corrected chi connectivity index (χ0v) is 12.3. The van der Waals surface area contributed by atoms with Gasteiger partial charge in [-0.05, 0) is 57.1 Å². The van der Waals surface area contributed by atoms with Crippen molar-refractivity contribution in [1.82, 2.24) is 9.88 Å². The second-order valence-electron chi connectivity index (χ2n) is 6.00. The summed E-state index contributed by atoms with van der Waals surface area (Å²) in [6, 6.07) is 11.6. The van der Waals surface area contributed by atoms with Crippen molar-refractivity contribution >= 4 is 16.6 Å². The van der Waals surface area contributed by atoms with E-state index in [1.165, 1.54) is 30.5 Å². The number of piperidine rings is 1. The molecule has 0 saturated carbocycles. The fraction of sp³-hybridized carbons (Fsp3) is 0.471. The fourth-order valence-electron chi connectivity index (χ4n) is 3.10. The highest BCUT2D eigenvalue weighted by atomic mass is 15.1. The molecule has 0 spiro atoms. The van der Waals surface area contributed by atoms with Gasteiger partial charge in [-0.3, -0.25) is 4.98 Å². The zero-order chi connectivity index (χ0) is 13.9. The SMILES string of the molecule is CN(C)CC1CCN(c2ccc3nc[c]cc3c2)CC1. The van der Waals surface area contributed by atoms with Gasteiger partial charge in [0.05, 0.1) is 5.52 Å². The second-order valence-corrected chi connectivity index (χ2v) is 6.00. The van der Waals surface area contributed by atoms with Crippen LogP contribution in [0, 0.1) is 12.0 Å². The number of pyridine rings is 1. The summed E-state index contributed by atoms with van der Waals surface area (Å²) in [7, 11) is 4.33. The van der Waals surface area contributed by atoms with E-state index >= 15 is 0 Å². The molecular formula is C17H22N3. The van der Waals surface area contributed by atoms with Crippen molar-refractivity contribution in [1.29, 1.82) is 0 Å². The molecule has 2 aromatic rings. The van der Waals surface area contributed by atoms with Gasteiger partial charge in [-0.2, -0.15) is 0 Å². The maximum Gasteiger partial charge on any atom is 0.0703 e. The number of fused-ring (bicyclic) bond motifs is 1. The lowest BCUT2D eigenvalue weighted by Crippen LogP contribution is -2.37. The molecule has 0 unspecified atom stereocenters. The highest BCUT2D eigenvalue weighted by Crippen LogP contribution is 2.26. The molecular weight excluding hydrogens is 246 g/mol. The van der Waals surface area contributed by atoms with Gasteiger partial charge in [0.25, 0.3) is 0 Å². The molecule has 1 aromatic carbocycles. The summed E-state index contributed by atoms with van der Waals surface area (Å²) in [4.78, 5) is 9.13. The molecule has 1 aliphatic rings. The molecule has 3 heteroatoms. The number of rotatable bonds is 3. The third-order valence-electron chi connectivity index (χ3n) is 4.13. The van der Waals surface area contributed by atoms with Crippen LogP contribution in [0.5, 0.6) is 0 Å². The van der Waals surface area contributed by atoms with Crippen LogP contribution in [0.15, 0.2) is 30.5 Å². The molecule has 0 N–H and O–H groups in total. The Morgan fingerprint density at radius 3 is 2.85 bits per heavy atom. The second kappa shape index (κ2) is 5.80. The van der Waals surface area contributed by atoms with Crippen molar-refractivity contribution in [3.63, 3.8) is 0 Å². The Morgan fingerprint density at radius 2 is 2.10 bits per heavy atom. The van der Waals surface area contributed by atoms with Crippen molar-refractivity contribution in [3.05, 3.63) is 36.5 Å². The van der Waals surface area contributed by atoms with E-state index in [0.29, 0.717) is 0 Å². The van der Waals surface area contributed by atoms with E-state index in [4.69, 9.17) is 0 Å². The minimum atomic E-state index is 0.844. The Morgan fingerprint density at radius 1 is 1.30 bits per heavy atom. The zero-order valence-electron chi connectivity index (χ0n) is 12.3. The summed E-state index contributed by atoms with van der Waals surface area (Å²) in [6.07, 6.45) is 4.31. The third kappa shape index (κ3) is 2.93. The minimum absolute atomic E-state index is 0.844. The monoisotopic (exact) mass is 268 g/mol. The number of aromatic nitrogens is 1. The molecule has 0 bridgehead atoms. The summed E-state index contributed by atoms with van der Waals surface area (Å²) in [5, 5.41) is 1.18. The number of nitrogens with zero attached hydrogens (tertiary/aromatic N) is 3. The molecule has 1 radical (unpaired) electrons. The molecule has 0 atom stereocenters. The third-order valence-corrected chi connectivity index (χ3v) is 4.13. The molecule has 0 amide bonds. The summed E-state index contributed by atoms with van der Waals surface area (Å²) in [5.74, 6) is 0.844. The van der Waals surface area contributed by atoms with Gasteiger partial charge in [0, 0.05) is 43.0 Å². The Hall–Kier alpha value is -1.61. The van der Waals surface area contributed by atoms with E-state index in [0.717, 1.165) is 24.5 Å². The maximum absolute atomic E-state index is 4.33. The standard InChI is InChI=1S/C17H22N3/c1-19(2)13-14-7-10-20(11-8-14)16-5-6-17-15(12-16)4-3-9-18-17/h4-6,9,12,14H,7-8,10-11,13H2,1-2H3. The van der Waals surface area contributed by atoms with Crippen molar-refractivity contribution in [2.75, 3.05) is 38.6 Å². The normalized spacial score (nSPS) is 17.1. The molecule has 3 rings (SSSR count). The predicted octanol–water partition coefficient (Wildman–Crippen LogP) is 2.81. The van der Waals surface area contributed by atoms with E-state index in [1.54, 1.807) is 6.20 Å². The summed E-state index contributed by atoms with van der Waals surface area (Å²) >= 11 is 0. The Kier molecular flexibility index (Phi) is 3.88. The first-order valence-electron chi connectivity index (χ1n) is 7.38. The first-order chi connectivity index (χ1) is 9.72. The minimum Gasteiger partial charge on any atom is -0.371 e. The van der Waals surface area contributed by atoms with Crippen molar-refractivity contribution in [2.45, 2.75) is 12.8 Å². The molecule has 1 aromatic heterocycles. The Balaban J connectivity index is 1.70. The largest absolute Gasteiger partial charge is 0.371 e. The van der Waals surface area contributed by atoms with Crippen LogP contribution < -0.4 is 4.90 Å². The molecule has 20 heavy (non-hydrogen) atoms. The molecule has 3 nitrogen and oxygen atoms in total. The van der Waals surface area contributed by atoms with Crippen molar-refractivity contribution < 1.29 is 0 Å². The fourth-order valence-corrected chi connectivity index (χ4v) is 3.10. The van der Waals surface area contributed by atoms with E-state index in [2.05, 4.69) is 53.1 Å². The van der Waals surface area contributed by atoms with Crippen molar-refractivity contribution in [2.24, 2.45) is 5.92 Å². The Bertz CT molecular complexity index is 571. The first-order valence-corrected chi connectivity index (χ1v) is 7.38. The summed E-state index contributed by atoms with van der Waals surface area (Å²) in [6.45, 7) is 3.53. The van der Waals surface area contributed by atoms with Crippen LogP contribution >= 0.6 is 0 Å². The highest BCUT2D eigenvalue weighted by Gasteiger charge is 2.19. The van der Waals surface area contributed by atoms with Gasteiger partial charge in [0.2, 0.25) is 0 Å². The molecule has 1 aliphatic heterocycles. The van der Waals surface area contributed by atoms with Crippen LogP contribution in [-0.2, 0) is 0 Å². The van der Waals surface area contributed by atoms with E-state index in [1.807, 2.05) is 6.07 Å².